The molecule has 0 saturated heterocycles. The van der Waals surface area contributed by atoms with Crippen molar-refractivity contribution in [2.24, 2.45) is 4.99 Å². The van der Waals surface area contributed by atoms with Crippen molar-refractivity contribution in [3.8, 4) is 5.75 Å². The number of fused-ring (bicyclic) bond motifs is 3. The van der Waals surface area contributed by atoms with Crippen LogP contribution in [0.3, 0.4) is 0 Å². The molecule has 0 saturated carbocycles. The van der Waals surface area contributed by atoms with Gasteiger partial charge in [0.05, 0.1) is 5.56 Å². The Bertz CT molecular complexity index is 1110. The molecule has 29 heavy (non-hydrogen) atoms. The van der Waals surface area contributed by atoms with Crippen LogP contribution in [0.2, 0.25) is 0 Å². The second kappa shape index (κ2) is 5.86. The molecular weight excluding hydrogens is 379 g/mol. The molecule has 2 aliphatic rings. The fourth-order valence-corrected chi connectivity index (χ4v) is 4.25. The van der Waals surface area contributed by atoms with Crippen LogP contribution in [0.5, 0.6) is 5.75 Å². The van der Waals surface area contributed by atoms with Gasteiger partial charge in [0.25, 0.3) is 5.72 Å². The van der Waals surface area contributed by atoms with Gasteiger partial charge in [-0.05, 0) is 18.2 Å². The summed E-state index contributed by atoms with van der Waals surface area (Å²) in [6.45, 7) is 1.68. The van der Waals surface area contributed by atoms with Crippen LogP contribution in [-0.4, -0.2) is 5.90 Å². The van der Waals surface area contributed by atoms with E-state index >= 15 is 0 Å². The highest BCUT2D eigenvalue weighted by Crippen LogP contribution is 2.62. The average Bonchev–Trinajstić information content (AvgIpc) is 3.16. The Hall–Kier alpha value is -3.28. The summed E-state index contributed by atoms with van der Waals surface area (Å²) in [6, 6.07) is 21.9. The van der Waals surface area contributed by atoms with Crippen molar-refractivity contribution in [3.63, 3.8) is 0 Å². The summed E-state index contributed by atoms with van der Waals surface area (Å²) < 4.78 is 53.1. The molecular formula is C23H16F3NO2. The fourth-order valence-electron chi connectivity index (χ4n) is 4.25. The van der Waals surface area contributed by atoms with Gasteiger partial charge in [-0.2, -0.15) is 13.2 Å². The first kappa shape index (κ1) is 17.8. The molecule has 6 heteroatoms. The summed E-state index contributed by atoms with van der Waals surface area (Å²) in [7, 11) is 0. The van der Waals surface area contributed by atoms with Crippen molar-refractivity contribution in [2.45, 2.75) is 24.4 Å². The number of hydrogen-bond acceptors (Lipinski definition) is 3. The van der Waals surface area contributed by atoms with E-state index in [0.717, 1.165) is 12.1 Å². The lowest BCUT2D eigenvalue weighted by Gasteiger charge is -2.36. The monoisotopic (exact) mass is 395 g/mol. The van der Waals surface area contributed by atoms with E-state index in [-0.39, 0.29) is 0 Å². The maximum Gasteiger partial charge on any atom is 0.416 e. The van der Waals surface area contributed by atoms with E-state index in [4.69, 9.17) is 14.5 Å². The zero-order valence-corrected chi connectivity index (χ0v) is 15.4. The zero-order valence-electron chi connectivity index (χ0n) is 15.4. The quantitative estimate of drug-likeness (QED) is 0.562. The van der Waals surface area contributed by atoms with Gasteiger partial charge in [0.2, 0.25) is 5.60 Å². The first-order chi connectivity index (χ1) is 13.9. The first-order valence-corrected chi connectivity index (χ1v) is 9.14. The molecule has 2 heterocycles. The van der Waals surface area contributed by atoms with Crippen LogP contribution in [0.25, 0.3) is 0 Å². The number of nitrogens with zero attached hydrogens (tertiary/aromatic N) is 1. The van der Waals surface area contributed by atoms with Crippen molar-refractivity contribution < 1.29 is 22.6 Å². The minimum Gasteiger partial charge on any atom is -0.458 e. The summed E-state index contributed by atoms with van der Waals surface area (Å²) in [6.07, 6.45) is -4.49. The molecule has 3 aromatic rings. The number of hydrogen-bond donors (Lipinski definition) is 0. The van der Waals surface area contributed by atoms with E-state index < -0.39 is 23.1 Å². The number of ether oxygens (including phenoxy) is 2. The first-order valence-electron chi connectivity index (χ1n) is 9.14. The summed E-state index contributed by atoms with van der Waals surface area (Å²) in [5, 5.41) is 0. The Morgan fingerprint density at radius 3 is 2.03 bits per heavy atom. The summed E-state index contributed by atoms with van der Waals surface area (Å²) in [5.41, 5.74) is -1.80. The van der Waals surface area contributed by atoms with Gasteiger partial charge in [0.15, 0.2) is 5.90 Å². The van der Waals surface area contributed by atoms with Crippen LogP contribution in [0.4, 0.5) is 13.2 Å². The molecule has 0 aromatic heterocycles. The van der Waals surface area contributed by atoms with E-state index in [0.29, 0.717) is 28.3 Å². The Morgan fingerprint density at radius 2 is 1.41 bits per heavy atom. The molecule has 0 unspecified atom stereocenters. The molecule has 0 bridgehead atoms. The summed E-state index contributed by atoms with van der Waals surface area (Å²) in [4.78, 5) is 4.70. The third-order valence-corrected chi connectivity index (χ3v) is 5.38. The molecule has 0 amide bonds. The van der Waals surface area contributed by atoms with Crippen molar-refractivity contribution in [1.29, 1.82) is 0 Å². The highest BCUT2D eigenvalue weighted by atomic mass is 19.4. The lowest BCUT2D eigenvalue weighted by molar-refractivity contribution is -0.137. The minimum absolute atomic E-state index is 0.308. The van der Waals surface area contributed by atoms with Gasteiger partial charge in [-0.3, -0.25) is 0 Å². The van der Waals surface area contributed by atoms with Crippen molar-refractivity contribution >= 4 is 5.90 Å². The van der Waals surface area contributed by atoms with Crippen LogP contribution < -0.4 is 4.74 Å². The van der Waals surface area contributed by atoms with Crippen LogP contribution in [-0.2, 0) is 22.2 Å². The van der Waals surface area contributed by atoms with E-state index in [2.05, 4.69) is 0 Å². The summed E-state index contributed by atoms with van der Waals surface area (Å²) in [5.74, 6) is 0.669. The number of halogens is 3. The van der Waals surface area contributed by atoms with Crippen molar-refractivity contribution in [2.75, 3.05) is 0 Å². The Balaban J connectivity index is 1.85. The van der Waals surface area contributed by atoms with Crippen molar-refractivity contribution in [1.82, 2.24) is 0 Å². The van der Waals surface area contributed by atoms with Crippen LogP contribution in [0.15, 0.2) is 83.9 Å². The molecule has 5 rings (SSSR count). The Kier molecular flexibility index (Phi) is 3.60. The van der Waals surface area contributed by atoms with Gasteiger partial charge in [-0.25, -0.2) is 4.99 Å². The molecule has 0 radical (unpaired) electrons. The van der Waals surface area contributed by atoms with Gasteiger partial charge in [-0.15, -0.1) is 0 Å². The maximum absolute atomic E-state index is 13.5. The molecule has 3 nitrogen and oxygen atoms in total. The van der Waals surface area contributed by atoms with E-state index in [1.807, 2.05) is 60.7 Å². The fraction of sp³-hybridized carbons (Fsp3) is 0.174. The molecule has 0 fully saturated rings. The standard InChI is InChI=1S/C23H16F3NO2/c1-15-27-22(17-10-6-3-7-11-17)21(28-15,16-8-4-2-5-9-16)19-14-18(23(24,25)26)12-13-20(19)29-22/h2-14H,1H3/t21-,22+/m0/s1. The number of benzene rings is 3. The Labute approximate surface area is 165 Å². The van der Waals surface area contributed by atoms with Crippen LogP contribution in [0.1, 0.15) is 29.2 Å². The zero-order chi connectivity index (χ0) is 20.3. The topological polar surface area (TPSA) is 30.8 Å². The second-order valence-corrected chi connectivity index (χ2v) is 7.10. The minimum atomic E-state index is -4.49. The maximum atomic E-state index is 13.5. The van der Waals surface area contributed by atoms with Gasteiger partial charge in [0.1, 0.15) is 5.75 Å². The van der Waals surface area contributed by atoms with Crippen molar-refractivity contribution in [3.05, 3.63) is 101 Å². The van der Waals surface area contributed by atoms with Crippen LogP contribution >= 0.6 is 0 Å². The van der Waals surface area contributed by atoms with Gasteiger partial charge >= 0.3 is 6.18 Å². The lowest BCUT2D eigenvalue weighted by Crippen LogP contribution is -2.46. The second-order valence-electron chi connectivity index (χ2n) is 7.10. The predicted octanol–water partition coefficient (Wildman–Crippen LogP) is 5.64. The van der Waals surface area contributed by atoms with Gasteiger partial charge in [-0.1, -0.05) is 60.7 Å². The predicted molar refractivity (Wildman–Crippen MR) is 102 cm³/mol. The van der Waals surface area contributed by atoms with Crippen LogP contribution in [0, 0.1) is 0 Å². The SMILES string of the molecule is CC1=N[C@]2(c3ccccc3)Oc3ccc(C(F)(F)F)cc3[C@]2(c2ccccc2)O1. The number of alkyl halides is 3. The highest BCUT2D eigenvalue weighted by Gasteiger charge is 2.68. The smallest absolute Gasteiger partial charge is 0.416 e. The third kappa shape index (κ3) is 2.35. The number of rotatable bonds is 2. The van der Waals surface area contributed by atoms with Gasteiger partial charge < -0.3 is 9.47 Å². The lowest BCUT2D eigenvalue weighted by atomic mass is 9.76. The Morgan fingerprint density at radius 1 is 0.793 bits per heavy atom. The molecule has 3 aromatic carbocycles. The molecule has 2 atom stereocenters. The summed E-state index contributed by atoms with van der Waals surface area (Å²) >= 11 is 0. The van der Waals surface area contributed by atoms with E-state index in [9.17, 15) is 13.2 Å². The van der Waals surface area contributed by atoms with E-state index in [1.165, 1.54) is 6.07 Å². The van der Waals surface area contributed by atoms with Gasteiger partial charge in [0, 0.05) is 23.6 Å². The normalized spacial score (nSPS) is 24.9. The molecule has 0 N–H and O–H groups in total. The molecule has 146 valence electrons. The molecule has 2 aliphatic heterocycles. The molecule has 0 spiro atoms. The highest BCUT2D eigenvalue weighted by molar-refractivity contribution is 5.80. The third-order valence-electron chi connectivity index (χ3n) is 5.38. The number of aliphatic imine (C=N–C) groups is 1. The van der Waals surface area contributed by atoms with E-state index in [1.54, 1.807) is 6.92 Å². The average molecular weight is 395 g/mol. The molecule has 0 aliphatic carbocycles. The largest absolute Gasteiger partial charge is 0.458 e.